The van der Waals surface area contributed by atoms with E-state index in [2.05, 4.69) is 61.4 Å². The Labute approximate surface area is 141 Å². The predicted molar refractivity (Wildman–Crippen MR) is 94.1 cm³/mol. The van der Waals surface area contributed by atoms with Crippen molar-refractivity contribution in [2.24, 2.45) is 5.92 Å². The molecular weight excluding hydrogens is 308 g/mol. The molecule has 0 saturated carbocycles. The van der Waals surface area contributed by atoms with Crippen LogP contribution in [0.2, 0.25) is 0 Å². The number of aryl methyl sites for hydroxylation is 3. The molecule has 0 aliphatic rings. The van der Waals surface area contributed by atoms with Crippen LogP contribution >= 0.6 is 11.8 Å². The van der Waals surface area contributed by atoms with E-state index < -0.39 is 0 Å². The summed E-state index contributed by atoms with van der Waals surface area (Å²) in [5, 5.41) is 12.0. The van der Waals surface area contributed by atoms with Crippen LogP contribution in [0.25, 0.3) is 5.69 Å². The predicted octanol–water partition coefficient (Wildman–Crippen LogP) is 3.06. The van der Waals surface area contributed by atoms with Crippen LogP contribution in [-0.2, 0) is 4.79 Å². The second-order valence-electron chi connectivity index (χ2n) is 6.12. The molecule has 124 valence electrons. The molecule has 0 spiro atoms. The van der Waals surface area contributed by atoms with Crippen LogP contribution in [0.3, 0.4) is 0 Å². The first-order valence-electron chi connectivity index (χ1n) is 7.77. The molecule has 0 radical (unpaired) electrons. The topological polar surface area (TPSA) is 59.8 Å². The molecule has 1 aromatic heterocycles. The number of thioether (sulfide) groups is 1. The Morgan fingerprint density at radius 1 is 1.22 bits per heavy atom. The average Bonchev–Trinajstić information content (AvgIpc) is 2.87. The molecular formula is C17H24N4OS. The molecule has 23 heavy (non-hydrogen) atoms. The Morgan fingerprint density at radius 3 is 2.61 bits per heavy atom. The van der Waals surface area contributed by atoms with Crippen molar-refractivity contribution in [3.8, 4) is 5.69 Å². The van der Waals surface area contributed by atoms with Crippen LogP contribution in [0.5, 0.6) is 0 Å². The van der Waals surface area contributed by atoms with Gasteiger partial charge in [0.1, 0.15) is 5.82 Å². The van der Waals surface area contributed by atoms with Crippen molar-refractivity contribution in [3.63, 3.8) is 0 Å². The van der Waals surface area contributed by atoms with Crippen LogP contribution in [0.4, 0.5) is 0 Å². The molecule has 0 fully saturated rings. The smallest absolute Gasteiger partial charge is 0.230 e. The Bertz CT molecular complexity index is 694. The zero-order valence-electron chi connectivity index (χ0n) is 14.4. The van der Waals surface area contributed by atoms with Gasteiger partial charge in [-0.3, -0.25) is 9.36 Å². The number of nitrogens with one attached hydrogen (secondary N) is 1. The van der Waals surface area contributed by atoms with E-state index in [0.717, 1.165) is 16.7 Å². The van der Waals surface area contributed by atoms with E-state index in [0.29, 0.717) is 18.2 Å². The van der Waals surface area contributed by atoms with E-state index in [-0.39, 0.29) is 5.91 Å². The molecule has 5 nitrogen and oxygen atoms in total. The summed E-state index contributed by atoms with van der Waals surface area (Å²) in [6.07, 6.45) is 0. The van der Waals surface area contributed by atoms with Crippen LogP contribution in [0, 0.1) is 26.7 Å². The van der Waals surface area contributed by atoms with Gasteiger partial charge in [0.05, 0.1) is 5.75 Å². The van der Waals surface area contributed by atoms with Gasteiger partial charge in [-0.2, -0.15) is 0 Å². The zero-order valence-corrected chi connectivity index (χ0v) is 15.2. The summed E-state index contributed by atoms with van der Waals surface area (Å²) in [5.74, 6) is 1.63. The van der Waals surface area contributed by atoms with Crippen molar-refractivity contribution in [1.29, 1.82) is 0 Å². The summed E-state index contributed by atoms with van der Waals surface area (Å²) in [6, 6.07) is 6.27. The summed E-state index contributed by atoms with van der Waals surface area (Å²) in [5.41, 5.74) is 3.50. The number of benzene rings is 1. The van der Waals surface area contributed by atoms with Gasteiger partial charge < -0.3 is 5.32 Å². The molecule has 0 unspecified atom stereocenters. The first-order chi connectivity index (χ1) is 10.9. The Balaban J connectivity index is 2.12. The maximum atomic E-state index is 11.9. The van der Waals surface area contributed by atoms with Gasteiger partial charge in [-0.05, 0) is 49.9 Å². The highest BCUT2D eigenvalue weighted by Gasteiger charge is 2.14. The van der Waals surface area contributed by atoms with Crippen molar-refractivity contribution < 1.29 is 4.79 Å². The fraction of sp³-hybridized carbons (Fsp3) is 0.471. The number of aromatic nitrogens is 3. The van der Waals surface area contributed by atoms with E-state index in [1.807, 2.05) is 11.5 Å². The minimum atomic E-state index is 0.0241. The monoisotopic (exact) mass is 332 g/mol. The highest BCUT2D eigenvalue weighted by atomic mass is 32.2. The summed E-state index contributed by atoms with van der Waals surface area (Å²) >= 11 is 1.41. The summed E-state index contributed by atoms with van der Waals surface area (Å²) in [4.78, 5) is 11.9. The highest BCUT2D eigenvalue weighted by molar-refractivity contribution is 7.99. The van der Waals surface area contributed by atoms with Crippen molar-refractivity contribution in [2.45, 2.75) is 39.8 Å². The third-order valence-electron chi connectivity index (χ3n) is 3.58. The molecule has 1 heterocycles. The van der Waals surface area contributed by atoms with Crippen LogP contribution in [0.15, 0.2) is 23.4 Å². The fourth-order valence-corrected chi connectivity index (χ4v) is 2.92. The molecule has 6 heteroatoms. The lowest BCUT2D eigenvalue weighted by atomic mass is 10.1. The van der Waals surface area contributed by atoms with Crippen molar-refractivity contribution >= 4 is 17.7 Å². The molecule has 0 aliphatic heterocycles. The van der Waals surface area contributed by atoms with E-state index in [1.54, 1.807) is 0 Å². The van der Waals surface area contributed by atoms with Gasteiger partial charge >= 0.3 is 0 Å². The standard InChI is InChI=1S/C17H24N4OS/c1-11(2)9-18-16(22)10-23-17-20-19-14(5)21(17)15-7-6-12(3)13(4)8-15/h6-8,11H,9-10H2,1-5H3,(H,18,22). The number of hydrogen-bond donors (Lipinski definition) is 1. The van der Waals surface area contributed by atoms with Gasteiger partial charge in [0.2, 0.25) is 5.91 Å². The van der Waals surface area contributed by atoms with Crippen molar-refractivity contribution in [1.82, 2.24) is 20.1 Å². The molecule has 0 bridgehead atoms. The van der Waals surface area contributed by atoms with Gasteiger partial charge in [-0.25, -0.2) is 0 Å². The molecule has 0 aliphatic carbocycles. The zero-order chi connectivity index (χ0) is 17.0. The number of carbonyl (C=O) groups excluding carboxylic acids is 1. The molecule has 1 aromatic carbocycles. The number of rotatable bonds is 6. The normalized spacial score (nSPS) is 11.0. The summed E-state index contributed by atoms with van der Waals surface area (Å²) in [6.45, 7) is 10.9. The first-order valence-corrected chi connectivity index (χ1v) is 8.76. The second-order valence-corrected chi connectivity index (χ2v) is 7.06. The number of nitrogens with zero attached hydrogens (tertiary/aromatic N) is 3. The third-order valence-corrected chi connectivity index (χ3v) is 4.51. The number of carbonyl (C=O) groups is 1. The van der Waals surface area contributed by atoms with Gasteiger partial charge in [-0.1, -0.05) is 31.7 Å². The first kappa shape index (κ1) is 17.5. The Morgan fingerprint density at radius 2 is 1.96 bits per heavy atom. The number of amides is 1. The van der Waals surface area contributed by atoms with E-state index in [1.165, 1.54) is 22.9 Å². The Hall–Kier alpha value is -1.82. The molecule has 2 rings (SSSR count). The highest BCUT2D eigenvalue weighted by Crippen LogP contribution is 2.23. The van der Waals surface area contributed by atoms with Crippen molar-refractivity contribution in [2.75, 3.05) is 12.3 Å². The van der Waals surface area contributed by atoms with Gasteiger partial charge in [0.25, 0.3) is 0 Å². The Kier molecular flexibility index (Phi) is 5.82. The SMILES string of the molecule is Cc1ccc(-n2c(C)nnc2SCC(=O)NCC(C)C)cc1C. The number of hydrogen-bond acceptors (Lipinski definition) is 4. The molecule has 1 amide bonds. The minimum Gasteiger partial charge on any atom is -0.355 e. The lowest BCUT2D eigenvalue weighted by Crippen LogP contribution is -2.28. The van der Waals surface area contributed by atoms with Crippen LogP contribution in [0.1, 0.15) is 30.8 Å². The molecule has 2 aromatic rings. The fourth-order valence-electron chi connectivity index (χ4n) is 2.10. The second kappa shape index (κ2) is 7.64. The quantitative estimate of drug-likeness (QED) is 0.826. The van der Waals surface area contributed by atoms with Crippen molar-refractivity contribution in [3.05, 3.63) is 35.2 Å². The van der Waals surface area contributed by atoms with E-state index >= 15 is 0 Å². The maximum absolute atomic E-state index is 11.9. The van der Waals surface area contributed by atoms with E-state index in [9.17, 15) is 4.79 Å². The maximum Gasteiger partial charge on any atom is 0.230 e. The molecule has 0 atom stereocenters. The minimum absolute atomic E-state index is 0.0241. The lowest BCUT2D eigenvalue weighted by Gasteiger charge is -2.11. The average molecular weight is 332 g/mol. The van der Waals surface area contributed by atoms with E-state index in [4.69, 9.17) is 0 Å². The summed E-state index contributed by atoms with van der Waals surface area (Å²) in [7, 11) is 0. The largest absolute Gasteiger partial charge is 0.355 e. The molecule has 0 saturated heterocycles. The molecule has 1 N–H and O–H groups in total. The van der Waals surface area contributed by atoms with Crippen LogP contribution < -0.4 is 5.32 Å². The summed E-state index contributed by atoms with van der Waals surface area (Å²) < 4.78 is 1.99. The van der Waals surface area contributed by atoms with Gasteiger partial charge in [0, 0.05) is 12.2 Å². The van der Waals surface area contributed by atoms with Crippen LogP contribution in [-0.4, -0.2) is 33.0 Å². The third kappa shape index (κ3) is 4.58. The van der Waals surface area contributed by atoms with Gasteiger partial charge in [0.15, 0.2) is 5.16 Å². The van der Waals surface area contributed by atoms with Gasteiger partial charge in [-0.15, -0.1) is 10.2 Å². The lowest BCUT2D eigenvalue weighted by molar-refractivity contribution is -0.118.